The van der Waals surface area contributed by atoms with E-state index in [4.69, 9.17) is 21.1 Å². The van der Waals surface area contributed by atoms with E-state index < -0.39 is 23.5 Å². The van der Waals surface area contributed by atoms with E-state index >= 15 is 0 Å². The second-order valence-electron chi connectivity index (χ2n) is 7.85. The van der Waals surface area contributed by atoms with Gasteiger partial charge in [-0.25, -0.2) is 0 Å². The van der Waals surface area contributed by atoms with Crippen LogP contribution in [0.2, 0.25) is 5.02 Å². The molecule has 9 nitrogen and oxygen atoms in total. The molecule has 3 rings (SSSR count). The number of likely N-dealkylation sites (N-methyl/N-ethyl adjacent to an activating group) is 1. The molecule has 0 aliphatic rings. The Bertz CT molecular complexity index is 1200. The number of hydrogen-bond acceptors (Lipinski definition) is 6. The van der Waals surface area contributed by atoms with E-state index in [0.717, 1.165) is 11.1 Å². The molecule has 0 heterocycles. The van der Waals surface area contributed by atoms with Gasteiger partial charge in [0, 0.05) is 37.2 Å². The highest BCUT2D eigenvalue weighted by Gasteiger charge is 2.30. The molecule has 3 aromatic carbocycles. The highest BCUT2D eigenvalue weighted by atomic mass is 35.5. The van der Waals surface area contributed by atoms with Crippen molar-refractivity contribution in [2.45, 2.75) is 19.0 Å². The van der Waals surface area contributed by atoms with E-state index in [1.165, 1.54) is 37.3 Å². The summed E-state index contributed by atoms with van der Waals surface area (Å²) in [5.41, 5.74) is 1.45. The van der Waals surface area contributed by atoms with Crippen LogP contribution in [0.15, 0.2) is 72.8 Å². The molecule has 36 heavy (non-hydrogen) atoms. The summed E-state index contributed by atoms with van der Waals surface area (Å²) >= 11 is 6.01. The third-order valence-corrected chi connectivity index (χ3v) is 5.75. The Kier molecular flexibility index (Phi) is 9.24. The topological polar surface area (TPSA) is 111 Å². The molecule has 2 amide bonds. The highest BCUT2D eigenvalue weighted by molar-refractivity contribution is 6.30. The van der Waals surface area contributed by atoms with Crippen molar-refractivity contribution in [3.05, 3.63) is 99.1 Å². The van der Waals surface area contributed by atoms with Crippen LogP contribution in [0.1, 0.15) is 11.1 Å². The van der Waals surface area contributed by atoms with Gasteiger partial charge in [0.15, 0.2) is 6.61 Å². The summed E-state index contributed by atoms with van der Waals surface area (Å²) in [5, 5.41) is 14.3. The summed E-state index contributed by atoms with van der Waals surface area (Å²) in [7, 11) is 2.83. The molecule has 0 unspecified atom stereocenters. The smallest absolute Gasteiger partial charge is 0.311 e. The average Bonchev–Trinajstić information content (AvgIpc) is 2.90. The Labute approximate surface area is 213 Å². The van der Waals surface area contributed by atoms with Gasteiger partial charge < -0.3 is 19.7 Å². The lowest BCUT2D eigenvalue weighted by Gasteiger charge is -2.31. The van der Waals surface area contributed by atoms with Gasteiger partial charge in [0.1, 0.15) is 11.8 Å². The number of carbonyl (C=O) groups is 2. The van der Waals surface area contributed by atoms with Crippen LogP contribution in [-0.4, -0.2) is 48.4 Å². The first-order chi connectivity index (χ1) is 17.3. The number of amides is 2. The fourth-order valence-electron chi connectivity index (χ4n) is 3.63. The largest absolute Gasteiger partial charge is 0.490 e. The Hall–Kier alpha value is -4.11. The van der Waals surface area contributed by atoms with Crippen LogP contribution in [-0.2, 0) is 22.6 Å². The Morgan fingerprint density at radius 2 is 1.75 bits per heavy atom. The molecule has 188 valence electrons. The molecule has 0 aliphatic heterocycles. The molecule has 0 radical (unpaired) electrons. The number of ether oxygens (including phenoxy) is 2. The SMILES string of the molecule is CNC(=O)[C@H](Cc1ccccc1)N(Cc1ccc(Cl)cc1)C(=O)COc1ccc([N+](=O)[O-])c(OC)c1. The average molecular weight is 512 g/mol. The van der Waals surface area contributed by atoms with Gasteiger partial charge in [-0.1, -0.05) is 54.1 Å². The molecule has 0 aliphatic carbocycles. The number of methoxy groups -OCH3 is 1. The number of rotatable bonds is 11. The predicted octanol–water partition coefficient (Wildman–Crippen LogP) is 4.02. The third kappa shape index (κ3) is 6.96. The zero-order valence-electron chi connectivity index (χ0n) is 19.8. The van der Waals surface area contributed by atoms with Gasteiger partial charge in [0.05, 0.1) is 12.0 Å². The highest BCUT2D eigenvalue weighted by Crippen LogP contribution is 2.30. The fraction of sp³-hybridized carbons (Fsp3) is 0.231. The standard InChI is InChI=1S/C26H26ClN3O6/c1-28-26(32)23(14-18-6-4-3-5-7-18)29(16-19-8-10-20(27)11-9-19)25(31)17-36-21-12-13-22(30(33)34)24(15-21)35-2/h3-13,15,23H,14,16-17H2,1-2H3,(H,28,32)/t23-/m0/s1. The molecular weight excluding hydrogens is 486 g/mol. The maximum absolute atomic E-state index is 13.4. The molecule has 0 bridgehead atoms. The molecule has 0 spiro atoms. The lowest BCUT2D eigenvalue weighted by atomic mass is 10.0. The van der Waals surface area contributed by atoms with E-state index in [0.29, 0.717) is 11.4 Å². The van der Waals surface area contributed by atoms with E-state index in [1.807, 2.05) is 30.3 Å². The van der Waals surface area contributed by atoms with Crippen molar-refractivity contribution in [1.82, 2.24) is 10.2 Å². The first kappa shape index (κ1) is 26.5. The van der Waals surface area contributed by atoms with Crippen LogP contribution >= 0.6 is 11.6 Å². The van der Waals surface area contributed by atoms with Crippen molar-refractivity contribution < 1.29 is 24.0 Å². The van der Waals surface area contributed by atoms with Crippen molar-refractivity contribution in [2.24, 2.45) is 0 Å². The summed E-state index contributed by atoms with van der Waals surface area (Å²) in [5.74, 6) is -0.531. The Morgan fingerprint density at radius 1 is 1.06 bits per heavy atom. The zero-order chi connectivity index (χ0) is 26.1. The number of nitrogens with one attached hydrogen (secondary N) is 1. The van der Waals surface area contributed by atoms with Crippen LogP contribution in [0.3, 0.4) is 0 Å². The molecule has 0 saturated heterocycles. The molecule has 10 heteroatoms. The molecule has 0 fully saturated rings. The predicted molar refractivity (Wildman–Crippen MR) is 135 cm³/mol. The van der Waals surface area contributed by atoms with E-state index in [-0.39, 0.29) is 29.6 Å². The van der Waals surface area contributed by atoms with E-state index in [1.54, 1.807) is 24.3 Å². The summed E-state index contributed by atoms with van der Waals surface area (Å²) in [4.78, 5) is 38.4. The first-order valence-electron chi connectivity index (χ1n) is 11.1. The van der Waals surface area contributed by atoms with Crippen LogP contribution in [0.25, 0.3) is 0 Å². The van der Waals surface area contributed by atoms with Gasteiger partial charge in [0.25, 0.3) is 5.91 Å². The second kappa shape index (κ2) is 12.6. The molecule has 1 atom stereocenters. The number of hydrogen-bond donors (Lipinski definition) is 1. The van der Waals surface area contributed by atoms with Gasteiger partial charge in [-0.3, -0.25) is 19.7 Å². The Balaban J connectivity index is 1.87. The number of benzene rings is 3. The summed E-state index contributed by atoms with van der Waals surface area (Å²) in [6, 6.07) is 19.6. The third-order valence-electron chi connectivity index (χ3n) is 5.49. The molecule has 1 N–H and O–H groups in total. The number of halogens is 1. The van der Waals surface area contributed by atoms with Gasteiger partial charge >= 0.3 is 5.69 Å². The van der Waals surface area contributed by atoms with E-state index in [9.17, 15) is 19.7 Å². The molecule has 0 aromatic heterocycles. The summed E-state index contributed by atoms with van der Waals surface area (Å²) in [6.07, 6.45) is 0.297. The van der Waals surface area contributed by atoms with Crippen molar-refractivity contribution in [3.8, 4) is 11.5 Å². The number of nitrogens with zero attached hydrogens (tertiary/aromatic N) is 2. The monoisotopic (exact) mass is 511 g/mol. The van der Waals surface area contributed by atoms with Crippen LogP contribution < -0.4 is 14.8 Å². The van der Waals surface area contributed by atoms with Crippen molar-refractivity contribution in [1.29, 1.82) is 0 Å². The second-order valence-corrected chi connectivity index (χ2v) is 8.28. The van der Waals surface area contributed by atoms with Crippen LogP contribution in [0, 0.1) is 10.1 Å². The minimum absolute atomic E-state index is 0.00952. The van der Waals surface area contributed by atoms with Gasteiger partial charge in [-0.2, -0.15) is 0 Å². The number of nitro groups is 1. The number of nitro benzene ring substituents is 1. The quantitative estimate of drug-likeness (QED) is 0.307. The summed E-state index contributed by atoms with van der Waals surface area (Å²) in [6.45, 7) is -0.245. The van der Waals surface area contributed by atoms with Gasteiger partial charge in [0.2, 0.25) is 11.7 Å². The Morgan fingerprint density at radius 3 is 2.36 bits per heavy atom. The minimum atomic E-state index is -0.810. The first-order valence-corrected chi connectivity index (χ1v) is 11.4. The van der Waals surface area contributed by atoms with Crippen LogP contribution in [0.5, 0.6) is 11.5 Å². The zero-order valence-corrected chi connectivity index (χ0v) is 20.6. The molecule has 0 saturated carbocycles. The number of carbonyl (C=O) groups excluding carboxylic acids is 2. The maximum atomic E-state index is 13.4. The van der Waals surface area contributed by atoms with Gasteiger partial charge in [-0.05, 0) is 29.3 Å². The summed E-state index contributed by atoms with van der Waals surface area (Å²) < 4.78 is 10.7. The molecule has 3 aromatic rings. The van der Waals surface area contributed by atoms with Crippen molar-refractivity contribution >= 4 is 29.1 Å². The van der Waals surface area contributed by atoms with Crippen LogP contribution in [0.4, 0.5) is 5.69 Å². The van der Waals surface area contributed by atoms with Crippen molar-refractivity contribution in [3.63, 3.8) is 0 Å². The fourth-order valence-corrected chi connectivity index (χ4v) is 3.76. The van der Waals surface area contributed by atoms with Gasteiger partial charge in [-0.15, -0.1) is 0 Å². The lowest BCUT2D eigenvalue weighted by molar-refractivity contribution is -0.385. The molecular formula is C26H26ClN3O6. The normalized spacial score (nSPS) is 11.3. The lowest BCUT2D eigenvalue weighted by Crippen LogP contribution is -2.51. The maximum Gasteiger partial charge on any atom is 0.311 e. The van der Waals surface area contributed by atoms with Crippen molar-refractivity contribution in [2.75, 3.05) is 20.8 Å². The minimum Gasteiger partial charge on any atom is -0.490 e. The van der Waals surface area contributed by atoms with E-state index in [2.05, 4.69) is 5.32 Å².